The molecule has 0 unspecified atom stereocenters. The molecule has 0 aliphatic carbocycles. The molecule has 0 aliphatic rings. The molecule has 0 radical (unpaired) electrons. The van der Waals surface area contributed by atoms with Crippen LogP contribution in [0.5, 0.6) is 0 Å². The molecule has 0 atom stereocenters. The van der Waals surface area contributed by atoms with E-state index in [-0.39, 0.29) is 6.61 Å². The summed E-state index contributed by atoms with van der Waals surface area (Å²) in [6, 6.07) is -1.44. The maximum absolute atomic E-state index is 11.4. The molecule has 0 aromatic carbocycles. The van der Waals surface area contributed by atoms with E-state index in [0.29, 0.717) is 6.42 Å². The van der Waals surface area contributed by atoms with Crippen molar-refractivity contribution in [2.45, 2.75) is 13.3 Å². The molecule has 0 N–H and O–H groups in total. The van der Waals surface area contributed by atoms with Crippen LogP contribution in [0, 0.1) is 0 Å². The average Bonchev–Trinajstić information content (AvgIpc) is 1.84. The lowest BCUT2D eigenvalue weighted by Gasteiger charge is -1.96. The van der Waals surface area contributed by atoms with Gasteiger partial charge < -0.3 is 0 Å². The molecular formula is C4H9FO3S. The highest BCUT2D eigenvalue weighted by Crippen LogP contribution is 1.93. The molecule has 0 rings (SSSR count). The fourth-order valence-electron chi connectivity index (χ4n) is 0.242. The lowest BCUT2D eigenvalue weighted by molar-refractivity contribution is 0.308. The Morgan fingerprint density at radius 1 is 1.56 bits per heavy atom. The Kier molecular flexibility index (Phi) is 3.72. The number of hydrogen-bond donors (Lipinski definition) is 0. The molecule has 9 heavy (non-hydrogen) atoms. The zero-order valence-corrected chi connectivity index (χ0v) is 5.95. The molecule has 56 valence electrons. The molecule has 0 aromatic heterocycles. The summed E-state index contributed by atoms with van der Waals surface area (Å²) in [4.78, 5) is 0. The minimum atomic E-state index is -3.85. The summed E-state index contributed by atoms with van der Waals surface area (Å²) in [6.07, 6.45) is 0.569. The van der Waals surface area contributed by atoms with E-state index in [1.807, 2.05) is 0 Å². The largest absolute Gasteiger partial charge is 0.297 e. The Hall–Kier alpha value is -0.160. The normalized spacial score (nSPS) is 11.8. The second kappa shape index (κ2) is 3.79. The monoisotopic (exact) mass is 156 g/mol. The van der Waals surface area contributed by atoms with E-state index in [0.717, 1.165) is 0 Å². The second-order valence-corrected chi connectivity index (χ2v) is 3.06. The van der Waals surface area contributed by atoms with Crippen molar-refractivity contribution >= 4 is 10.1 Å². The zero-order valence-electron chi connectivity index (χ0n) is 5.13. The Bertz CT molecular complexity index is 151. The second-order valence-electron chi connectivity index (χ2n) is 1.49. The molecule has 0 spiro atoms. The van der Waals surface area contributed by atoms with Gasteiger partial charge in [0.05, 0.1) is 6.61 Å². The lowest BCUT2D eigenvalue weighted by atomic mass is 10.5. The highest BCUT2D eigenvalue weighted by atomic mass is 32.2. The van der Waals surface area contributed by atoms with Crippen molar-refractivity contribution in [3.8, 4) is 0 Å². The molecule has 0 saturated carbocycles. The molecule has 0 amide bonds. The summed E-state index contributed by atoms with van der Waals surface area (Å²) in [7, 11) is -3.85. The van der Waals surface area contributed by atoms with Gasteiger partial charge in [0.25, 0.3) is 10.1 Å². The molecule has 3 nitrogen and oxygen atoms in total. The summed E-state index contributed by atoms with van der Waals surface area (Å²) in [5.74, 6) is 0. The molecule has 5 heteroatoms. The number of alkyl halides is 1. The van der Waals surface area contributed by atoms with Gasteiger partial charge in [-0.1, -0.05) is 6.92 Å². The molecule has 0 saturated heterocycles. The van der Waals surface area contributed by atoms with Crippen molar-refractivity contribution in [2.24, 2.45) is 0 Å². The van der Waals surface area contributed by atoms with E-state index in [1.54, 1.807) is 6.92 Å². The molecule has 0 aliphatic heterocycles. The predicted octanol–water partition coefficient (Wildman–Crippen LogP) is 0.670. The minimum absolute atomic E-state index is 0.0618. The molecule has 0 bridgehead atoms. The molecule has 0 fully saturated rings. The van der Waals surface area contributed by atoms with Gasteiger partial charge in [-0.2, -0.15) is 8.42 Å². The van der Waals surface area contributed by atoms with Crippen LogP contribution in [-0.4, -0.2) is 21.0 Å². The first kappa shape index (κ1) is 8.84. The van der Waals surface area contributed by atoms with E-state index in [4.69, 9.17) is 0 Å². The highest BCUT2D eigenvalue weighted by molar-refractivity contribution is 7.86. The third kappa shape index (κ3) is 4.35. The van der Waals surface area contributed by atoms with E-state index >= 15 is 0 Å². The summed E-state index contributed by atoms with van der Waals surface area (Å²) in [6.45, 7) is 1.81. The van der Waals surface area contributed by atoms with Crippen LogP contribution < -0.4 is 0 Å². The Balaban J connectivity index is 3.61. The van der Waals surface area contributed by atoms with Gasteiger partial charge in [-0.05, 0) is 6.42 Å². The van der Waals surface area contributed by atoms with E-state index in [2.05, 4.69) is 4.18 Å². The fourth-order valence-corrected chi connectivity index (χ4v) is 0.725. The van der Waals surface area contributed by atoms with Crippen molar-refractivity contribution in [1.82, 2.24) is 0 Å². The van der Waals surface area contributed by atoms with Gasteiger partial charge in [-0.15, -0.1) is 0 Å². The van der Waals surface area contributed by atoms with Crippen LogP contribution in [0.15, 0.2) is 0 Å². The van der Waals surface area contributed by atoms with Crippen LogP contribution >= 0.6 is 0 Å². The van der Waals surface area contributed by atoms with Crippen LogP contribution in [0.4, 0.5) is 4.39 Å². The topological polar surface area (TPSA) is 43.4 Å². The fraction of sp³-hybridized carbons (Fsp3) is 1.00. The van der Waals surface area contributed by atoms with Gasteiger partial charge in [0.1, 0.15) is 0 Å². The maximum atomic E-state index is 11.4. The Labute approximate surface area is 53.9 Å². The quantitative estimate of drug-likeness (QED) is 0.562. The van der Waals surface area contributed by atoms with Crippen LogP contribution in [0.3, 0.4) is 0 Å². The van der Waals surface area contributed by atoms with Crippen molar-refractivity contribution in [2.75, 3.05) is 12.6 Å². The molecular weight excluding hydrogens is 147 g/mol. The maximum Gasteiger partial charge on any atom is 0.297 e. The first-order valence-corrected chi connectivity index (χ1v) is 4.13. The third-order valence-corrected chi connectivity index (χ3v) is 1.39. The van der Waals surface area contributed by atoms with Crippen molar-refractivity contribution in [3.05, 3.63) is 0 Å². The minimum Gasteiger partial charge on any atom is -0.268 e. The zero-order chi connectivity index (χ0) is 7.33. The predicted molar refractivity (Wildman–Crippen MR) is 31.1 cm³/mol. The van der Waals surface area contributed by atoms with Crippen LogP contribution in [-0.2, 0) is 14.3 Å². The summed E-state index contributed by atoms with van der Waals surface area (Å²) < 4.78 is 35.8. The van der Waals surface area contributed by atoms with E-state index in [1.165, 1.54) is 0 Å². The Morgan fingerprint density at radius 2 is 2.11 bits per heavy atom. The van der Waals surface area contributed by atoms with Gasteiger partial charge in [-0.25, -0.2) is 4.39 Å². The first-order chi connectivity index (χ1) is 4.12. The van der Waals surface area contributed by atoms with E-state index in [9.17, 15) is 12.8 Å². The third-order valence-electron chi connectivity index (χ3n) is 0.601. The first-order valence-electron chi connectivity index (χ1n) is 2.55. The van der Waals surface area contributed by atoms with Crippen LogP contribution in [0.2, 0.25) is 0 Å². The van der Waals surface area contributed by atoms with E-state index < -0.39 is 16.1 Å². The van der Waals surface area contributed by atoms with Crippen LogP contribution in [0.1, 0.15) is 13.3 Å². The standard InChI is InChI=1S/C4H9FO3S/c1-2-3-8-9(6,7)4-5/h2-4H2,1H3. The Morgan fingerprint density at radius 3 is 2.44 bits per heavy atom. The van der Waals surface area contributed by atoms with Gasteiger partial charge in [0, 0.05) is 0 Å². The molecule has 0 aromatic rings. The van der Waals surface area contributed by atoms with Gasteiger partial charge in [-0.3, -0.25) is 4.18 Å². The number of halogens is 1. The number of hydrogen-bond acceptors (Lipinski definition) is 3. The van der Waals surface area contributed by atoms with Gasteiger partial charge in [0.2, 0.25) is 6.01 Å². The van der Waals surface area contributed by atoms with Gasteiger partial charge in [0.15, 0.2) is 0 Å². The molecule has 0 heterocycles. The van der Waals surface area contributed by atoms with Crippen molar-refractivity contribution in [3.63, 3.8) is 0 Å². The number of rotatable bonds is 4. The van der Waals surface area contributed by atoms with Crippen molar-refractivity contribution < 1.29 is 17.0 Å². The van der Waals surface area contributed by atoms with Gasteiger partial charge >= 0.3 is 0 Å². The summed E-state index contributed by atoms with van der Waals surface area (Å²) >= 11 is 0. The SMILES string of the molecule is CCCOS(=O)(=O)CF. The van der Waals surface area contributed by atoms with Crippen LogP contribution in [0.25, 0.3) is 0 Å². The summed E-state index contributed by atoms with van der Waals surface area (Å²) in [5.41, 5.74) is 0. The highest BCUT2D eigenvalue weighted by Gasteiger charge is 2.07. The lowest BCUT2D eigenvalue weighted by Crippen LogP contribution is -2.07. The summed E-state index contributed by atoms with van der Waals surface area (Å²) in [5, 5.41) is 0. The smallest absolute Gasteiger partial charge is 0.268 e. The average molecular weight is 156 g/mol. The van der Waals surface area contributed by atoms with Crippen molar-refractivity contribution in [1.29, 1.82) is 0 Å².